The summed E-state index contributed by atoms with van der Waals surface area (Å²) in [5, 5.41) is 3.11. The Hall–Kier alpha value is -4.44. The molecule has 10 nitrogen and oxygen atoms in total. The molecule has 0 saturated heterocycles. The lowest BCUT2D eigenvalue weighted by molar-refractivity contribution is -0.113. The van der Waals surface area contributed by atoms with Crippen LogP contribution >= 0.6 is 0 Å². The van der Waals surface area contributed by atoms with Crippen LogP contribution in [0.2, 0.25) is 0 Å². The van der Waals surface area contributed by atoms with Gasteiger partial charge in [0.15, 0.2) is 5.65 Å². The van der Waals surface area contributed by atoms with E-state index in [2.05, 4.69) is 26.8 Å². The number of fused-ring (bicyclic) bond motifs is 1. The largest absolute Gasteiger partial charge is 0.491 e. The van der Waals surface area contributed by atoms with E-state index in [1.807, 2.05) is 24.3 Å². The van der Waals surface area contributed by atoms with E-state index < -0.39 is 0 Å². The molecule has 0 aliphatic rings. The fraction of sp³-hybridized carbons (Fsp3) is 0.167. The fourth-order valence-corrected chi connectivity index (χ4v) is 3.33. The van der Waals surface area contributed by atoms with Crippen LogP contribution in [0.3, 0.4) is 0 Å². The van der Waals surface area contributed by atoms with Gasteiger partial charge in [0.1, 0.15) is 17.9 Å². The van der Waals surface area contributed by atoms with E-state index in [0.717, 1.165) is 11.4 Å². The molecule has 1 amide bonds. The Bertz CT molecular complexity index is 1380. The zero-order valence-electron chi connectivity index (χ0n) is 18.8. The number of aromatic amines is 1. The topological polar surface area (TPSA) is 114 Å². The first-order chi connectivity index (χ1) is 16.5. The number of hydrogen-bond acceptors (Lipinski definition) is 7. The first kappa shape index (κ1) is 22.7. The monoisotopic (exact) mass is 460 g/mol. The predicted octanol–water partition coefficient (Wildman–Crippen LogP) is 3.03. The normalized spacial score (nSPS) is 10.8. The van der Waals surface area contributed by atoms with Crippen molar-refractivity contribution in [2.45, 2.75) is 0 Å². The second-order valence-corrected chi connectivity index (χ2v) is 7.30. The predicted molar refractivity (Wildman–Crippen MR) is 130 cm³/mol. The number of hydrogen-bond donors (Lipinski definition) is 2. The number of amides is 1. The molecule has 0 saturated carbocycles. The maximum absolute atomic E-state index is 12.7. The fourth-order valence-electron chi connectivity index (χ4n) is 3.33. The number of nitrogens with zero attached hydrogens (tertiary/aromatic N) is 4. The SMILES string of the molecule is C=CC(=O)N(C)c1cccc(-n2c(=O)[nH]c3nc(Nc4ccc(OCCOC)cc4)ncc32)c1. The number of H-pyrrole nitrogens is 1. The van der Waals surface area contributed by atoms with Gasteiger partial charge >= 0.3 is 5.69 Å². The highest BCUT2D eigenvalue weighted by Crippen LogP contribution is 2.22. The molecule has 10 heteroatoms. The molecule has 2 aromatic carbocycles. The van der Waals surface area contributed by atoms with Crippen molar-refractivity contribution in [2.24, 2.45) is 0 Å². The third kappa shape index (κ3) is 4.81. The molecule has 34 heavy (non-hydrogen) atoms. The molecular formula is C24H24N6O4. The van der Waals surface area contributed by atoms with Crippen LogP contribution in [-0.4, -0.2) is 52.8 Å². The average molecular weight is 460 g/mol. The van der Waals surface area contributed by atoms with E-state index in [4.69, 9.17) is 9.47 Å². The van der Waals surface area contributed by atoms with E-state index in [1.165, 1.54) is 15.5 Å². The Kier molecular flexibility index (Phi) is 6.69. The molecule has 0 bridgehead atoms. The quantitative estimate of drug-likeness (QED) is 0.291. The summed E-state index contributed by atoms with van der Waals surface area (Å²) >= 11 is 0. The molecule has 174 valence electrons. The summed E-state index contributed by atoms with van der Waals surface area (Å²) < 4.78 is 12.0. The third-order valence-electron chi connectivity index (χ3n) is 5.09. The second-order valence-electron chi connectivity index (χ2n) is 7.30. The van der Waals surface area contributed by atoms with Gasteiger partial charge in [-0.05, 0) is 48.5 Å². The summed E-state index contributed by atoms with van der Waals surface area (Å²) in [5.74, 6) is 0.805. The number of ether oxygens (including phenoxy) is 2. The molecule has 4 aromatic rings. The van der Waals surface area contributed by atoms with Crippen LogP contribution < -0.4 is 20.6 Å². The molecule has 2 aromatic heterocycles. The molecule has 4 rings (SSSR count). The number of methoxy groups -OCH3 is 1. The molecule has 0 radical (unpaired) electrons. The zero-order chi connectivity index (χ0) is 24.1. The average Bonchev–Trinajstić information content (AvgIpc) is 3.19. The lowest BCUT2D eigenvalue weighted by Gasteiger charge is -2.16. The summed E-state index contributed by atoms with van der Waals surface area (Å²) in [6, 6.07) is 14.4. The highest BCUT2D eigenvalue weighted by Gasteiger charge is 2.14. The Morgan fingerprint density at radius 2 is 2.03 bits per heavy atom. The van der Waals surface area contributed by atoms with Gasteiger partial charge in [0.05, 0.1) is 18.5 Å². The molecule has 2 heterocycles. The highest BCUT2D eigenvalue weighted by atomic mass is 16.5. The summed E-state index contributed by atoms with van der Waals surface area (Å²) in [6.45, 7) is 4.49. The lowest BCUT2D eigenvalue weighted by atomic mass is 10.2. The van der Waals surface area contributed by atoms with Crippen molar-refractivity contribution < 1.29 is 14.3 Å². The number of aromatic nitrogens is 4. The highest BCUT2D eigenvalue weighted by molar-refractivity contribution is 6.00. The zero-order valence-corrected chi connectivity index (χ0v) is 18.8. The van der Waals surface area contributed by atoms with Gasteiger partial charge in [-0.15, -0.1) is 0 Å². The summed E-state index contributed by atoms with van der Waals surface area (Å²) in [7, 11) is 3.26. The molecule has 0 unspecified atom stereocenters. The van der Waals surface area contributed by atoms with Crippen LogP contribution in [-0.2, 0) is 9.53 Å². The van der Waals surface area contributed by atoms with Crippen LogP contribution in [0.4, 0.5) is 17.3 Å². The van der Waals surface area contributed by atoms with Gasteiger partial charge in [-0.25, -0.2) is 9.78 Å². The molecule has 0 aliphatic heterocycles. The number of imidazole rings is 1. The second kappa shape index (κ2) is 10.0. The summed E-state index contributed by atoms with van der Waals surface area (Å²) in [5.41, 5.74) is 2.48. The van der Waals surface area contributed by atoms with E-state index >= 15 is 0 Å². The number of benzene rings is 2. The lowest BCUT2D eigenvalue weighted by Crippen LogP contribution is -2.24. The van der Waals surface area contributed by atoms with Crippen LogP contribution in [0.1, 0.15) is 0 Å². The van der Waals surface area contributed by atoms with Crippen molar-refractivity contribution in [1.29, 1.82) is 0 Å². The minimum Gasteiger partial charge on any atom is -0.491 e. The smallest absolute Gasteiger partial charge is 0.332 e. The van der Waals surface area contributed by atoms with Gasteiger partial charge in [-0.1, -0.05) is 12.6 Å². The van der Waals surface area contributed by atoms with Gasteiger partial charge < -0.3 is 19.7 Å². The molecule has 0 atom stereocenters. The standard InChI is InChI=1S/C24H24N6O4/c1-4-21(31)29(2)17-6-5-7-18(14-17)30-20-15-25-23(27-22(20)28-24(30)32)26-16-8-10-19(11-9-16)34-13-12-33-3/h4-11,14-15H,1,12-13H2,2-3H3,(H2,25,26,27,28,32). The summed E-state index contributed by atoms with van der Waals surface area (Å²) in [4.78, 5) is 37.7. The number of nitrogens with one attached hydrogen (secondary N) is 2. The summed E-state index contributed by atoms with van der Waals surface area (Å²) in [6.07, 6.45) is 2.80. The Morgan fingerprint density at radius 3 is 2.76 bits per heavy atom. The van der Waals surface area contributed by atoms with Gasteiger partial charge in [-0.3, -0.25) is 14.3 Å². The van der Waals surface area contributed by atoms with Gasteiger partial charge in [0.2, 0.25) is 11.9 Å². The maximum atomic E-state index is 12.7. The number of rotatable bonds is 9. The van der Waals surface area contributed by atoms with E-state index in [1.54, 1.807) is 44.6 Å². The van der Waals surface area contributed by atoms with Crippen molar-refractivity contribution in [2.75, 3.05) is 37.6 Å². The van der Waals surface area contributed by atoms with Gasteiger partial charge in [0, 0.05) is 25.5 Å². The van der Waals surface area contributed by atoms with Crippen LogP contribution in [0, 0.1) is 0 Å². The van der Waals surface area contributed by atoms with Crippen molar-refractivity contribution in [3.05, 3.63) is 77.9 Å². The van der Waals surface area contributed by atoms with Gasteiger partial charge in [-0.2, -0.15) is 4.98 Å². The van der Waals surface area contributed by atoms with Crippen molar-refractivity contribution in [3.63, 3.8) is 0 Å². The van der Waals surface area contributed by atoms with Crippen LogP contribution in [0.15, 0.2) is 72.2 Å². The number of carbonyl (C=O) groups excluding carboxylic acids is 1. The Labute approximate surface area is 195 Å². The first-order valence-corrected chi connectivity index (χ1v) is 10.5. The molecule has 2 N–H and O–H groups in total. The van der Waals surface area contributed by atoms with Crippen molar-refractivity contribution >= 4 is 34.4 Å². The van der Waals surface area contributed by atoms with Gasteiger partial charge in [0.25, 0.3) is 0 Å². The molecular weight excluding hydrogens is 436 g/mol. The number of likely N-dealkylation sites (N-methyl/N-ethyl adjacent to an activating group) is 1. The molecule has 0 aliphatic carbocycles. The van der Waals surface area contributed by atoms with E-state index in [-0.39, 0.29) is 11.6 Å². The molecule has 0 fully saturated rings. The van der Waals surface area contributed by atoms with Crippen LogP contribution in [0.25, 0.3) is 16.9 Å². The van der Waals surface area contributed by atoms with Crippen LogP contribution in [0.5, 0.6) is 5.75 Å². The van der Waals surface area contributed by atoms with Crippen molar-refractivity contribution in [1.82, 2.24) is 19.5 Å². The third-order valence-corrected chi connectivity index (χ3v) is 5.09. The minimum absolute atomic E-state index is 0.253. The van der Waals surface area contributed by atoms with Crippen molar-refractivity contribution in [3.8, 4) is 11.4 Å². The van der Waals surface area contributed by atoms with E-state index in [9.17, 15) is 9.59 Å². The first-order valence-electron chi connectivity index (χ1n) is 10.5. The van der Waals surface area contributed by atoms with E-state index in [0.29, 0.717) is 41.7 Å². The number of carbonyl (C=O) groups is 1. The minimum atomic E-state index is -0.367. The Morgan fingerprint density at radius 1 is 1.24 bits per heavy atom. The number of anilines is 3. The molecule has 0 spiro atoms. The maximum Gasteiger partial charge on any atom is 0.332 e. The Balaban J connectivity index is 1.58.